The fraction of sp³-hybridized carbons (Fsp3) is 0.828. The highest BCUT2D eigenvalue weighted by molar-refractivity contribution is 5.82. The van der Waals surface area contributed by atoms with E-state index < -0.39 is 0 Å². The molecule has 2 heteroatoms. The predicted octanol–water partition coefficient (Wildman–Crippen LogP) is 7.12. The van der Waals surface area contributed by atoms with E-state index in [1.165, 1.54) is 56.1 Å². The van der Waals surface area contributed by atoms with E-state index in [2.05, 4.69) is 47.3 Å². The van der Waals surface area contributed by atoms with Gasteiger partial charge in [0.15, 0.2) is 0 Å². The van der Waals surface area contributed by atoms with Crippen LogP contribution in [-0.4, -0.2) is 17.0 Å². The summed E-state index contributed by atoms with van der Waals surface area (Å²) in [5, 5.41) is 11.3. The minimum absolute atomic E-state index is 0.138. The Kier molecular flexibility index (Phi) is 6.36. The van der Waals surface area contributed by atoms with Gasteiger partial charge in [-0.15, -0.1) is 0 Å². The average molecular weight is 427 g/mol. The molecule has 0 bridgehead atoms. The number of fused-ring (bicyclic) bond motifs is 5. The van der Waals surface area contributed by atoms with Crippen molar-refractivity contribution in [1.29, 1.82) is 0 Å². The lowest BCUT2D eigenvalue weighted by atomic mass is 9.46. The second kappa shape index (κ2) is 8.47. The number of rotatable bonds is 6. The zero-order chi connectivity index (χ0) is 22.6. The Bertz CT molecular complexity index is 750. The molecule has 0 aromatic heterocycles. The van der Waals surface area contributed by atoms with Gasteiger partial charge in [-0.1, -0.05) is 51.5 Å². The summed E-state index contributed by atoms with van der Waals surface area (Å²) < 4.78 is 0. The number of hydrogen-bond acceptors (Lipinski definition) is 2. The Hall–Kier alpha value is -0.890. The zero-order valence-corrected chi connectivity index (χ0v) is 20.8. The Balaban J connectivity index is 1.53. The molecular formula is C29H46O2. The monoisotopic (exact) mass is 426 g/mol. The smallest absolute Gasteiger partial charge is 0.136 e. The molecule has 174 valence electrons. The Morgan fingerprint density at radius 2 is 1.94 bits per heavy atom. The summed E-state index contributed by atoms with van der Waals surface area (Å²) in [5.41, 5.74) is 3.10. The van der Waals surface area contributed by atoms with Crippen LogP contribution in [0.2, 0.25) is 0 Å². The number of carbonyl (C=O) groups is 1. The van der Waals surface area contributed by atoms with Crippen molar-refractivity contribution in [2.75, 3.05) is 0 Å². The van der Waals surface area contributed by atoms with Gasteiger partial charge in [0.1, 0.15) is 5.78 Å². The predicted molar refractivity (Wildman–Crippen MR) is 129 cm³/mol. The van der Waals surface area contributed by atoms with Crippen molar-refractivity contribution in [2.24, 2.45) is 46.3 Å². The molecule has 0 unspecified atom stereocenters. The normalized spacial score (nSPS) is 44.0. The molecule has 0 spiro atoms. The van der Waals surface area contributed by atoms with Crippen LogP contribution < -0.4 is 0 Å². The largest absolute Gasteiger partial charge is 0.389 e. The summed E-state index contributed by atoms with van der Waals surface area (Å²) in [6.45, 7) is 16.2. The number of aliphatic hydroxyl groups is 1. The van der Waals surface area contributed by atoms with Crippen LogP contribution in [-0.2, 0) is 4.79 Å². The molecule has 0 radical (unpaired) electrons. The molecule has 0 aromatic rings. The molecule has 9 atom stereocenters. The molecule has 1 N–H and O–H groups in total. The van der Waals surface area contributed by atoms with Gasteiger partial charge in [-0.05, 0) is 105 Å². The first-order valence-electron chi connectivity index (χ1n) is 13.2. The number of Topliss-reactive ketones (excluding diaryl/α,β-unsaturated/α-hetero) is 1. The molecule has 0 aromatic carbocycles. The highest BCUT2D eigenvalue weighted by atomic mass is 16.3. The van der Waals surface area contributed by atoms with Gasteiger partial charge in [0.05, 0.1) is 6.10 Å². The number of carbonyl (C=O) groups excluding carboxylic acids is 1. The van der Waals surface area contributed by atoms with E-state index in [1.807, 2.05) is 0 Å². The number of aliphatic hydroxyl groups excluding tert-OH is 1. The summed E-state index contributed by atoms with van der Waals surface area (Å²) in [6, 6.07) is 0. The van der Waals surface area contributed by atoms with Crippen LogP contribution in [0.3, 0.4) is 0 Å². The minimum atomic E-state index is -0.356. The van der Waals surface area contributed by atoms with Crippen LogP contribution in [0.4, 0.5) is 0 Å². The van der Waals surface area contributed by atoms with Crippen LogP contribution in [0.5, 0.6) is 0 Å². The van der Waals surface area contributed by atoms with E-state index >= 15 is 0 Å². The quantitative estimate of drug-likeness (QED) is 0.459. The van der Waals surface area contributed by atoms with Crippen molar-refractivity contribution in [2.45, 2.75) is 105 Å². The zero-order valence-electron chi connectivity index (χ0n) is 20.8. The van der Waals surface area contributed by atoms with Crippen LogP contribution in [0.25, 0.3) is 0 Å². The highest BCUT2D eigenvalue weighted by Crippen LogP contribution is 2.67. The van der Waals surface area contributed by atoms with Crippen molar-refractivity contribution < 1.29 is 9.90 Å². The van der Waals surface area contributed by atoms with Crippen LogP contribution in [0.15, 0.2) is 23.8 Å². The molecule has 4 rings (SSSR count). The lowest BCUT2D eigenvalue weighted by molar-refractivity contribution is -0.125. The minimum Gasteiger partial charge on any atom is -0.389 e. The molecule has 2 nitrogen and oxygen atoms in total. The Morgan fingerprint density at radius 3 is 2.61 bits per heavy atom. The topological polar surface area (TPSA) is 37.3 Å². The average Bonchev–Trinajstić information content (AvgIpc) is 3.06. The van der Waals surface area contributed by atoms with Crippen molar-refractivity contribution in [3.05, 3.63) is 23.8 Å². The summed E-state index contributed by atoms with van der Waals surface area (Å²) in [4.78, 5) is 12.1. The van der Waals surface area contributed by atoms with Crippen molar-refractivity contribution in [3.63, 3.8) is 0 Å². The van der Waals surface area contributed by atoms with Gasteiger partial charge < -0.3 is 5.11 Å². The van der Waals surface area contributed by atoms with E-state index in [-0.39, 0.29) is 11.5 Å². The fourth-order valence-electron chi connectivity index (χ4n) is 8.91. The molecular weight excluding hydrogens is 380 g/mol. The van der Waals surface area contributed by atoms with Gasteiger partial charge >= 0.3 is 0 Å². The van der Waals surface area contributed by atoms with Crippen molar-refractivity contribution >= 4 is 5.78 Å². The van der Waals surface area contributed by atoms with Crippen molar-refractivity contribution in [1.82, 2.24) is 0 Å². The maximum atomic E-state index is 12.1. The van der Waals surface area contributed by atoms with Crippen LogP contribution >= 0.6 is 0 Å². The molecule has 31 heavy (non-hydrogen) atoms. The third-order valence-electron chi connectivity index (χ3n) is 10.9. The van der Waals surface area contributed by atoms with Gasteiger partial charge in [-0.25, -0.2) is 0 Å². The lowest BCUT2D eigenvalue weighted by Crippen LogP contribution is -2.54. The third-order valence-corrected chi connectivity index (χ3v) is 10.9. The van der Waals surface area contributed by atoms with Crippen LogP contribution in [0, 0.1) is 46.3 Å². The first kappa shape index (κ1) is 23.3. The standard InChI is InChI=1S/C29H46O2/c1-7-20(18(2)3)9-8-19(4)23-10-11-24-27-25(13-15-29(23,24)6)28(5)14-12-22(30)16-21(28)17-26(27)31/h17,19-20,23-27,31H,2,7-16H2,1,3-6H3/t19-,20+,23-,24+,25+,26-,27+,28+,29-/m1/s1. The van der Waals surface area contributed by atoms with Gasteiger partial charge in [0, 0.05) is 12.8 Å². The van der Waals surface area contributed by atoms with Gasteiger partial charge in [-0.2, -0.15) is 0 Å². The molecule has 0 saturated heterocycles. The van der Waals surface area contributed by atoms with Crippen molar-refractivity contribution in [3.8, 4) is 0 Å². The lowest BCUT2D eigenvalue weighted by Gasteiger charge is -2.59. The summed E-state index contributed by atoms with van der Waals surface area (Å²) >= 11 is 0. The van der Waals surface area contributed by atoms with Gasteiger partial charge in [0.25, 0.3) is 0 Å². The highest BCUT2D eigenvalue weighted by Gasteiger charge is 2.61. The Morgan fingerprint density at radius 1 is 1.19 bits per heavy atom. The molecule has 4 aliphatic carbocycles. The maximum Gasteiger partial charge on any atom is 0.136 e. The molecule has 0 amide bonds. The molecule has 4 aliphatic rings. The van der Waals surface area contributed by atoms with E-state index in [9.17, 15) is 9.90 Å². The second-order valence-electron chi connectivity index (χ2n) is 12.3. The van der Waals surface area contributed by atoms with E-state index in [1.54, 1.807) is 0 Å². The number of ketones is 1. The van der Waals surface area contributed by atoms with E-state index in [0.717, 1.165) is 24.7 Å². The maximum absolute atomic E-state index is 12.1. The van der Waals surface area contributed by atoms with Gasteiger partial charge in [-0.3, -0.25) is 4.79 Å². The molecule has 0 aliphatic heterocycles. The number of allylic oxidation sites excluding steroid dienone is 2. The summed E-state index contributed by atoms with van der Waals surface area (Å²) in [6.07, 6.45) is 13.0. The first-order chi connectivity index (χ1) is 14.6. The fourth-order valence-corrected chi connectivity index (χ4v) is 8.91. The van der Waals surface area contributed by atoms with E-state index in [0.29, 0.717) is 41.3 Å². The SMILES string of the molecule is C=C(C)[C@@H](CC)CC[C@@H](C)[C@H]1CC[C@H]2[C@@H]3[C@H](O)C=C4CC(=O)CC[C@]4(C)[C@H]3CC[C@]12C. The third kappa shape index (κ3) is 3.79. The van der Waals surface area contributed by atoms with E-state index in [4.69, 9.17) is 0 Å². The molecule has 3 saturated carbocycles. The second-order valence-corrected chi connectivity index (χ2v) is 12.3. The van der Waals surface area contributed by atoms with Crippen LogP contribution in [0.1, 0.15) is 98.8 Å². The van der Waals surface area contributed by atoms with Gasteiger partial charge in [0.2, 0.25) is 0 Å². The first-order valence-corrected chi connectivity index (χ1v) is 13.2. The Labute approximate surface area is 191 Å². The summed E-state index contributed by atoms with van der Waals surface area (Å²) in [5.74, 6) is 4.12. The number of hydrogen-bond donors (Lipinski definition) is 1. The molecule has 3 fully saturated rings. The summed E-state index contributed by atoms with van der Waals surface area (Å²) in [7, 11) is 0. The molecule has 0 heterocycles.